The average Bonchev–Trinajstić information content (AvgIpc) is 2.85. The minimum atomic E-state index is -0.639. The largest absolute Gasteiger partial charge is 0.489 e. The number of aliphatic hydroxyl groups excluding tert-OH is 1. The Hall–Kier alpha value is -0.850. The summed E-state index contributed by atoms with van der Waals surface area (Å²) in [5.41, 5.74) is 0.975. The minimum Gasteiger partial charge on any atom is -0.489 e. The molecular formula is C14H16Cl2N2O2S. The number of hydrogen-bond acceptors (Lipinski definition) is 5. The Morgan fingerprint density at radius 2 is 2.24 bits per heavy atom. The van der Waals surface area contributed by atoms with Gasteiger partial charge < -0.3 is 15.2 Å². The summed E-state index contributed by atoms with van der Waals surface area (Å²) in [6.45, 7) is 3.14. The smallest absolute Gasteiger partial charge is 0.139 e. The Morgan fingerprint density at radius 3 is 2.95 bits per heavy atom. The van der Waals surface area contributed by atoms with Crippen LogP contribution in [-0.2, 0) is 6.54 Å². The Kier molecular flexibility index (Phi) is 6.26. The van der Waals surface area contributed by atoms with Gasteiger partial charge in [-0.05, 0) is 19.1 Å². The molecule has 0 radical (unpaired) electrons. The first-order valence-electron chi connectivity index (χ1n) is 6.42. The summed E-state index contributed by atoms with van der Waals surface area (Å²) in [6, 6.07) is 4.97. The van der Waals surface area contributed by atoms with E-state index in [9.17, 15) is 5.11 Å². The molecule has 1 atom stereocenters. The number of hydrogen-bond donors (Lipinski definition) is 2. The molecule has 0 saturated carbocycles. The van der Waals surface area contributed by atoms with Crippen LogP contribution in [-0.4, -0.2) is 29.3 Å². The van der Waals surface area contributed by atoms with E-state index in [4.69, 9.17) is 27.9 Å². The van der Waals surface area contributed by atoms with E-state index >= 15 is 0 Å². The summed E-state index contributed by atoms with van der Waals surface area (Å²) in [7, 11) is 0. The molecule has 4 nitrogen and oxygen atoms in total. The van der Waals surface area contributed by atoms with Crippen LogP contribution < -0.4 is 10.1 Å². The van der Waals surface area contributed by atoms with Gasteiger partial charge in [0.25, 0.3) is 0 Å². The zero-order chi connectivity index (χ0) is 15.2. The second kappa shape index (κ2) is 7.96. The normalized spacial score (nSPS) is 12.4. The fourth-order valence-corrected chi connectivity index (χ4v) is 2.64. The van der Waals surface area contributed by atoms with Gasteiger partial charge in [0.15, 0.2) is 0 Å². The predicted molar refractivity (Wildman–Crippen MR) is 86.5 cm³/mol. The van der Waals surface area contributed by atoms with Gasteiger partial charge in [-0.25, -0.2) is 4.98 Å². The molecule has 2 N–H and O–H groups in total. The molecule has 0 spiro atoms. The zero-order valence-corrected chi connectivity index (χ0v) is 13.8. The molecule has 0 aliphatic heterocycles. The van der Waals surface area contributed by atoms with Crippen molar-refractivity contribution in [1.82, 2.24) is 10.3 Å². The van der Waals surface area contributed by atoms with Gasteiger partial charge in [0, 0.05) is 29.6 Å². The van der Waals surface area contributed by atoms with E-state index in [0.717, 1.165) is 10.7 Å². The fourth-order valence-electron chi connectivity index (χ4n) is 1.69. The summed E-state index contributed by atoms with van der Waals surface area (Å²) in [5, 5.41) is 17.0. The molecule has 21 heavy (non-hydrogen) atoms. The molecule has 0 bridgehead atoms. The third kappa shape index (κ3) is 5.45. The van der Waals surface area contributed by atoms with Crippen molar-refractivity contribution in [3.05, 3.63) is 44.3 Å². The summed E-state index contributed by atoms with van der Waals surface area (Å²) < 4.78 is 5.47. The van der Waals surface area contributed by atoms with Crippen molar-refractivity contribution >= 4 is 34.5 Å². The van der Waals surface area contributed by atoms with Crippen molar-refractivity contribution in [2.24, 2.45) is 0 Å². The van der Waals surface area contributed by atoms with E-state index in [2.05, 4.69) is 10.3 Å². The van der Waals surface area contributed by atoms with Crippen LogP contribution in [0.2, 0.25) is 10.0 Å². The summed E-state index contributed by atoms with van der Waals surface area (Å²) in [5.74, 6) is 0.471. The number of benzene rings is 1. The van der Waals surface area contributed by atoms with Crippen LogP contribution in [0.5, 0.6) is 5.75 Å². The summed E-state index contributed by atoms with van der Waals surface area (Å²) in [4.78, 5) is 4.33. The van der Waals surface area contributed by atoms with Gasteiger partial charge in [0.1, 0.15) is 18.5 Å². The molecule has 0 saturated heterocycles. The van der Waals surface area contributed by atoms with Gasteiger partial charge in [-0.3, -0.25) is 0 Å². The van der Waals surface area contributed by atoms with E-state index in [0.29, 0.717) is 28.9 Å². The number of aromatic nitrogens is 1. The number of nitrogens with one attached hydrogen (secondary N) is 1. The van der Waals surface area contributed by atoms with Crippen LogP contribution in [0.15, 0.2) is 23.6 Å². The highest BCUT2D eigenvalue weighted by atomic mass is 35.5. The molecule has 1 unspecified atom stereocenters. The standard InChI is InChI=1S/C14H16Cl2N2O2S/c1-9-18-11(8-21-9)5-17-6-12(19)7-20-14-4-10(15)2-3-13(14)16/h2-4,8,12,17,19H,5-7H2,1H3. The minimum absolute atomic E-state index is 0.142. The maximum atomic E-state index is 9.87. The quantitative estimate of drug-likeness (QED) is 0.807. The van der Waals surface area contributed by atoms with E-state index < -0.39 is 6.10 Å². The number of thiazole rings is 1. The number of aliphatic hydroxyl groups is 1. The molecule has 2 aromatic rings. The first-order valence-corrected chi connectivity index (χ1v) is 8.06. The fraction of sp³-hybridized carbons (Fsp3) is 0.357. The lowest BCUT2D eigenvalue weighted by molar-refractivity contribution is 0.106. The van der Waals surface area contributed by atoms with Crippen molar-refractivity contribution in [3.63, 3.8) is 0 Å². The lowest BCUT2D eigenvalue weighted by Gasteiger charge is -2.14. The molecule has 0 amide bonds. The van der Waals surface area contributed by atoms with Crippen molar-refractivity contribution < 1.29 is 9.84 Å². The van der Waals surface area contributed by atoms with Crippen LogP contribution >= 0.6 is 34.5 Å². The van der Waals surface area contributed by atoms with Gasteiger partial charge in [-0.15, -0.1) is 11.3 Å². The van der Waals surface area contributed by atoms with Gasteiger partial charge in [0.2, 0.25) is 0 Å². The SMILES string of the molecule is Cc1nc(CNCC(O)COc2cc(Cl)ccc2Cl)cs1. The Bertz CT molecular complexity index is 592. The first kappa shape index (κ1) is 16.5. The van der Waals surface area contributed by atoms with Crippen LogP contribution in [0.4, 0.5) is 0 Å². The van der Waals surface area contributed by atoms with Crippen LogP contribution in [0.3, 0.4) is 0 Å². The van der Waals surface area contributed by atoms with Crippen molar-refractivity contribution in [1.29, 1.82) is 0 Å². The summed E-state index contributed by atoms with van der Waals surface area (Å²) >= 11 is 13.5. The highest BCUT2D eigenvalue weighted by Crippen LogP contribution is 2.27. The maximum absolute atomic E-state index is 9.87. The third-order valence-corrected chi connectivity index (χ3v) is 4.05. The molecule has 114 valence electrons. The molecule has 1 aromatic heterocycles. The first-order chi connectivity index (χ1) is 10.0. The predicted octanol–water partition coefficient (Wildman–Crippen LogP) is 3.29. The molecule has 7 heteroatoms. The van der Waals surface area contributed by atoms with Crippen LogP contribution in [0, 0.1) is 6.92 Å². The van der Waals surface area contributed by atoms with Crippen LogP contribution in [0.1, 0.15) is 10.7 Å². The number of rotatable bonds is 7. The van der Waals surface area contributed by atoms with Crippen molar-refractivity contribution in [3.8, 4) is 5.75 Å². The number of aryl methyl sites for hydroxylation is 1. The monoisotopic (exact) mass is 346 g/mol. The Balaban J connectivity index is 1.72. The lowest BCUT2D eigenvalue weighted by atomic mass is 10.3. The Morgan fingerprint density at radius 1 is 1.43 bits per heavy atom. The maximum Gasteiger partial charge on any atom is 0.139 e. The van der Waals surface area contributed by atoms with Crippen LogP contribution in [0.25, 0.3) is 0 Å². The molecule has 0 aliphatic carbocycles. The molecular weight excluding hydrogens is 331 g/mol. The third-order valence-electron chi connectivity index (χ3n) is 2.68. The number of halogens is 2. The summed E-state index contributed by atoms with van der Waals surface area (Å²) in [6.07, 6.45) is -0.639. The topological polar surface area (TPSA) is 54.4 Å². The van der Waals surface area contributed by atoms with Gasteiger partial charge in [-0.2, -0.15) is 0 Å². The molecule has 1 aromatic carbocycles. The van der Waals surface area contributed by atoms with Crippen molar-refractivity contribution in [2.45, 2.75) is 19.6 Å². The average molecular weight is 347 g/mol. The van der Waals surface area contributed by atoms with E-state index in [-0.39, 0.29) is 6.61 Å². The second-order valence-corrected chi connectivity index (χ2v) is 6.43. The highest BCUT2D eigenvalue weighted by molar-refractivity contribution is 7.09. The van der Waals surface area contributed by atoms with Gasteiger partial charge >= 0.3 is 0 Å². The van der Waals surface area contributed by atoms with E-state index in [1.165, 1.54) is 0 Å². The molecule has 1 heterocycles. The van der Waals surface area contributed by atoms with Crippen molar-refractivity contribution in [2.75, 3.05) is 13.2 Å². The number of nitrogens with zero attached hydrogens (tertiary/aromatic N) is 1. The second-order valence-electron chi connectivity index (χ2n) is 4.53. The van der Waals surface area contributed by atoms with Gasteiger partial charge in [-0.1, -0.05) is 23.2 Å². The van der Waals surface area contributed by atoms with E-state index in [1.54, 1.807) is 29.5 Å². The van der Waals surface area contributed by atoms with Gasteiger partial charge in [0.05, 0.1) is 15.7 Å². The molecule has 0 aliphatic rings. The van der Waals surface area contributed by atoms with E-state index in [1.807, 2.05) is 12.3 Å². The molecule has 0 fully saturated rings. The lowest BCUT2D eigenvalue weighted by Crippen LogP contribution is -2.31. The molecule has 2 rings (SSSR count). The zero-order valence-electron chi connectivity index (χ0n) is 11.5. The highest BCUT2D eigenvalue weighted by Gasteiger charge is 2.08. The Labute approximate surface area is 137 Å². The number of ether oxygens (including phenoxy) is 1.